The molecule has 0 saturated heterocycles. The van der Waals surface area contributed by atoms with Crippen molar-refractivity contribution >= 4 is 29.0 Å². The van der Waals surface area contributed by atoms with Gasteiger partial charge in [0, 0.05) is 22.2 Å². The van der Waals surface area contributed by atoms with Crippen molar-refractivity contribution < 1.29 is 9.72 Å². The van der Waals surface area contributed by atoms with Crippen LogP contribution in [0.1, 0.15) is 11.6 Å². The first-order chi connectivity index (χ1) is 10.1. The van der Waals surface area contributed by atoms with Gasteiger partial charge >= 0.3 is 0 Å². The Morgan fingerprint density at radius 1 is 1.24 bits per heavy atom. The minimum Gasteiger partial charge on any atom is -0.324 e. The van der Waals surface area contributed by atoms with Gasteiger partial charge in [-0.25, -0.2) is 0 Å². The highest BCUT2D eigenvalue weighted by Crippen LogP contribution is 2.38. The van der Waals surface area contributed by atoms with Crippen molar-refractivity contribution in [1.29, 1.82) is 0 Å². The molecule has 1 aliphatic rings. The maximum atomic E-state index is 11.5. The van der Waals surface area contributed by atoms with E-state index >= 15 is 0 Å². The maximum Gasteiger partial charge on any atom is 0.283 e. The predicted molar refractivity (Wildman–Crippen MR) is 79.2 cm³/mol. The van der Waals surface area contributed by atoms with E-state index in [0.29, 0.717) is 10.6 Å². The lowest BCUT2D eigenvalue weighted by Crippen LogP contribution is -2.19. The molecule has 3 N–H and O–H groups in total. The molecule has 1 unspecified atom stereocenters. The smallest absolute Gasteiger partial charge is 0.283 e. The predicted octanol–water partition coefficient (Wildman–Crippen LogP) is 2.70. The Balaban J connectivity index is 1.93. The van der Waals surface area contributed by atoms with E-state index in [1.807, 2.05) is 0 Å². The van der Waals surface area contributed by atoms with Crippen molar-refractivity contribution in [1.82, 2.24) is 0 Å². The fourth-order valence-corrected chi connectivity index (χ4v) is 3.11. The Bertz CT molecular complexity index is 748. The van der Waals surface area contributed by atoms with Gasteiger partial charge in [0.15, 0.2) is 0 Å². The van der Waals surface area contributed by atoms with Crippen LogP contribution in [0.25, 0.3) is 0 Å². The summed E-state index contributed by atoms with van der Waals surface area (Å²) in [5, 5.41) is 13.7. The summed E-state index contributed by atoms with van der Waals surface area (Å²) in [6, 6.07) is 11.2. The lowest BCUT2D eigenvalue weighted by atomic mass is 10.1. The molecule has 7 heteroatoms. The lowest BCUT2D eigenvalue weighted by molar-refractivity contribution is -0.387. The summed E-state index contributed by atoms with van der Waals surface area (Å²) in [7, 11) is 0. The highest BCUT2D eigenvalue weighted by Gasteiger charge is 2.27. The number of nitrogens with zero attached hydrogens (tertiary/aromatic N) is 1. The van der Waals surface area contributed by atoms with Gasteiger partial charge in [0.1, 0.15) is 6.04 Å². The van der Waals surface area contributed by atoms with Crippen molar-refractivity contribution in [2.24, 2.45) is 5.73 Å². The molecule has 0 fully saturated rings. The third-order valence-electron chi connectivity index (χ3n) is 3.19. The third-order valence-corrected chi connectivity index (χ3v) is 4.24. The van der Waals surface area contributed by atoms with Crippen LogP contribution in [0.3, 0.4) is 0 Å². The van der Waals surface area contributed by atoms with Crippen LogP contribution in [0.2, 0.25) is 0 Å². The van der Waals surface area contributed by atoms with E-state index in [9.17, 15) is 14.9 Å². The maximum absolute atomic E-state index is 11.5. The Morgan fingerprint density at radius 2 is 2.00 bits per heavy atom. The quantitative estimate of drug-likeness (QED) is 0.671. The summed E-state index contributed by atoms with van der Waals surface area (Å²) in [6.07, 6.45) is 0. The summed E-state index contributed by atoms with van der Waals surface area (Å²) in [4.78, 5) is 23.5. The van der Waals surface area contributed by atoms with Gasteiger partial charge in [-0.3, -0.25) is 14.9 Å². The number of nitrogens with one attached hydrogen (secondary N) is 1. The number of hydrogen-bond acceptors (Lipinski definition) is 5. The van der Waals surface area contributed by atoms with E-state index in [-0.39, 0.29) is 11.6 Å². The van der Waals surface area contributed by atoms with E-state index < -0.39 is 11.0 Å². The second-order valence-electron chi connectivity index (χ2n) is 4.54. The van der Waals surface area contributed by atoms with Crippen LogP contribution in [0.5, 0.6) is 0 Å². The van der Waals surface area contributed by atoms with Gasteiger partial charge in [-0.1, -0.05) is 30.0 Å². The van der Waals surface area contributed by atoms with Crippen LogP contribution in [0.4, 0.5) is 11.4 Å². The van der Waals surface area contributed by atoms with Crippen LogP contribution in [0.15, 0.2) is 52.3 Å². The largest absolute Gasteiger partial charge is 0.324 e. The minimum absolute atomic E-state index is 0.0590. The molecule has 1 amide bonds. The number of para-hydroxylation sites is 1. The molecule has 0 aliphatic carbocycles. The summed E-state index contributed by atoms with van der Waals surface area (Å²) in [5.74, 6) is -0.238. The number of hydrogen-bond donors (Lipinski definition) is 2. The highest BCUT2D eigenvalue weighted by molar-refractivity contribution is 7.99. The third kappa shape index (κ3) is 2.48. The fourth-order valence-electron chi connectivity index (χ4n) is 2.15. The number of carbonyl (C=O) groups excluding carboxylic acids is 1. The Labute approximate surface area is 124 Å². The number of benzene rings is 2. The number of nitrogens with two attached hydrogens (primary N) is 1. The number of nitro benzene ring substituents is 1. The fraction of sp³-hybridized carbons (Fsp3) is 0.0714. The summed E-state index contributed by atoms with van der Waals surface area (Å²) >= 11 is 1.28. The van der Waals surface area contributed by atoms with E-state index in [2.05, 4.69) is 5.32 Å². The Kier molecular flexibility index (Phi) is 3.36. The molecule has 2 aromatic carbocycles. The summed E-state index contributed by atoms with van der Waals surface area (Å²) in [5.41, 5.74) is 7.21. The molecule has 1 aliphatic heterocycles. The molecule has 0 bridgehead atoms. The van der Waals surface area contributed by atoms with E-state index in [0.717, 1.165) is 10.5 Å². The zero-order valence-corrected chi connectivity index (χ0v) is 11.6. The standard InChI is InChI=1S/C14H11N3O3S/c15-13-9-6-5-8(7-10(9)16-14(13)18)21-12-4-2-1-3-11(12)17(19)20/h1-7,13H,15H2,(H,16,18). The zero-order chi connectivity index (χ0) is 15.0. The summed E-state index contributed by atoms with van der Waals surface area (Å²) < 4.78 is 0. The molecular weight excluding hydrogens is 290 g/mol. The number of carbonyl (C=O) groups is 1. The Hall–Kier alpha value is -2.38. The Morgan fingerprint density at radius 3 is 2.76 bits per heavy atom. The van der Waals surface area contributed by atoms with Crippen LogP contribution in [-0.4, -0.2) is 10.8 Å². The van der Waals surface area contributed by atoms with Crippen molar-refractivity contribution in [3.63, 3.8) is 0 Å². The molecular formula is C14H11N3O3S. The first kappa shape index (κ1) is 13.6. The molecule has 6 nitrogen and oxygen atoms in total. The van der Waals surface area contributed by atoms with Gasteiger partial charge in [-0.2, -0.15) is 0 Å². The zero-order valence-electron chi connectivity index (χ0n) is 10.8. The number of anilines is 1. The molecule has 0 aromatic heterocycles. The van der Waals surface area contributed by atoms with Gasteiger partial charge < -0.3 is 11.1 Å². The SMILES string of the molecule is NC1C(=O)Nc2cc(Sc3ccccc3[N+](=O)[O-])ccc21. The van der Waals surface area contributed by atoms with Gasteiger partial charge in [0.2, 0.25) is 5.91 Å². The van der Waals surface area contributed by atoms with Crippen molar-refractivity contribution in [2.75, 3.05) is 5.32 Å². The number of fused-ring (bicyclic) bond motifs is 1. The molecule has 2 aromatic rings. The number of nitro groups is 1. The molecule has 1 heterocycles. The van der Waals surface area contributed by atoms with E-state index in [1.165, 1.54) is 17.8 Å². The van der Waals surface area contributed by atoms with Gasteiger partial charge in [-0.15, -0.1) is 0 Å². The lowest BCUT2D eigenvalue weighted by Gasteiger charge is -2.06. The number of rotatable bonds is 3. The van der Waals surface area contributed by atoms with E-state index in [1.54, 1.807) is 36.4 Å². The van der Waals surface area contributed by atoms with Crippen molar-refractivity contribution in [3.05, 3.63) is 58.1 Å². The van der Waals surface area contributed by atoms with Crippen LogP contribution in [0, 0.1) is 10.1 Å². The first-order valence-electron chi connectivity index (χ1n) is 6.18. The average molecular weight is 301 g/mol. The van der Waals surface area contributed by atoms with Crippen molar-refractivity contribution in [3.8, 4) is 0 Å². The monoisotopic (exact) mass is 301 g/mol. The molecule has 3 rings (SSSR count). The molecule has 106 valence electrons. The number of amides is 1. The van der Waals surface area contributed by atoms with Gasteiger partial charge in [0.05, 0.1) is 9.82 Å². The minimum atomic E-state index is -0.648. The second kappa shape index (κ2) is 5.19. The molecule has 0 spiro atoms. The van der Waals surface area contributed by atoms with Gasteiger partial charge in [-0.05, 0) is 18.2 Å². The van der Waals surface area contributed by atoms with E-state index in [4.69, 9.17) is 5.73 Å². The van der Waals surface area contributed by atoms with Gasteiger partial charge in [0.25, 0.3) is 5.69 Å². The van der Waals surface area contributed by atoms with Crippen LogP contribution < -0.4 is 11.1 Å². The summed E-state index contributed by atoms with van der Waals surface area (Å²) in [6.45, 7) is 0. The second-order valence-corrected chi connectivity index (χ2v) is 5.66. The molecule has 0 radical (unpaired) electrons. The molecule has 1 atom stereocenters. The van der Waals surface area contributed by atoms with Crippen LogP contribution >= 0.6 is 11.8 Å². The molecule has 21 heavy (non-hydrogen) atoms. The van der Waals surface area contributed by atoms with Crippen molar-refractivity contribution in [2.45, 2.75) is 15.8 Å². The normalized spacial score (nSPS) is 16.4. The average Bonchev–Trinajstić information content (AvgIpc) is 2.74. The molecule has 0 saturated carbocycles. The van der Waals surface area contributed by atoms with Crippen LogP contribution in [-0.2, 0) is 4.79 Å². The first-order valence-corrected chi connectivity index (χ1v) is 6.99. The highest BCUT2D eigenvalue weighted by atomic mass is 32.2. The topological polar surface area (TPSA) is 98.3 Å².